The molecule has 2 N–H and O–H groups in total. The van der Waals surface area contributed by atoms with E-state index in [1.165, 1.54) is 18.6 Å². The van der Waals surface area contributed by atoms with Gasteiger partial charge in [0.2, 0.25) is 0 Å². The summed E-state index contributed by atoms with van der Waals surface area (Å²) >= 11 is 0. The van der Waals surface area contributed by atoms with E-state index in [1.54, 1.807) is 6.07 Å². The normalized spacial score (nSPS) is 15.9. The molecule has 1 aromatic carbocycles. The Bertz CT molecular complexity index is 295. The van der Waals surface area contributed by atoms with E-state index in [1.807, 2.05) is 0 Å². The van der Waals surface area contributed by atoms with E-state index in [-0.39, 0.29) is 5.82 Å². The van der Waals surface area contributed by atoms with Gasteiger partial charge in [0.15, 0.2) is 0 Å². The molecule has 0 aromatic heterocycles. The van der Waals surface area contributed by atoms with Crippen molar-refractivity contribution in [1.82, 2.24) is 0 Å². The van der Waals surface area contributed by atoms with Crippen LogP contribution in [0.1, 0.15) is 6.42 Å². The fourth-order valence-electron chi connectivity index (χ4n) is 1.37. The molecule has 0 radical (unpaired) electrons. The van der Waals surface area contributed by atoms with E-state index < -0.39 is 0 Å². The number of hydrogen-bond acceptors (Lipinski definition) is 2. The summed E-state index contributed by atoms with van der Waals surface area (Å²) < 4.78 is 12.6. The van der Waals surface area contributed by atoms with E-state index in [0.29, 0.717) is 5.69 Å². The van der Waals surface area contributed by atoms with Gasteiger partial charge in [-0.05, 0) is 24.6 Å². The Morgan fingerprint density at radius 1 is 1.33 bits per heavy atom. The third-order valence-electron chi connectivity index (χ3n) is 2.19. The minimum absolute atomic E-state index is 0.267. The molecule has 1 aliphatic heterocycles. The molecule has 0 saturated carbocycles. The van der Waals surface area contributed by atoms with Crippen LogP contribution in [0.5, 0.6) is 0 Å². The first-order valence-electron chi connectivity index (χ1n) is 4.07. The summed E-state index contributed by atoms with van der Waals surface area (Å²) in [7, 11) is 0. The van der Waals surface area contributed by atoms with Gasteiger partial charge < -0.3 is 10.6 Å². The van der Waals surface area contributed by atoms with Crippen LogP contribution >= 0.6 is 0 Å². The largest absolute Gasteiger partial charge is 0.397 e. The highest BCUT2D eigenvalue weighted by Crippen LogP contribution is 2.27. The van der Waals surface area contributed by atoms with E-state index >= 15 is 0 Å². The Hall–Kier alpha value is -1.25. The summed E-state index contributed by atoms with van der Waals surface area (Å²) in [6.07, 6.45) is 1.21. The fourth-order valence-corrected chi connectivity index (χ4v) is 1.37. The molecule has 64 valence electrons. The van der Waals surface area contributed by atoms with Gasteiger partial charge >= 0.3 is 0 Å². The van der Waals surface area contributed by atoms with Crippen molar-refractivity contribution in [3.63, 3.8) is 0 Å². The van der Waals surface area contributed by atoms with Crippen molar-refractivity contribution < 1.29 is 4.39 Å². The van der Waals surface area contributed by atoms with Crippen LogP contribution < -0.4 is 10.6 Å². The number of anilines is 2. The van der Waals surface area contributed by atoms with E-state index in [0.717, 1.165) is 18.8 Å². The molecule has 0 aliphatic carbocycles. The van der Waals surface area contributed by atoms with Crippen molar-refractivity contribution in [3.8, 4) is 0 Å². The summed E-state index contributed by atoms with van der Waals surface area (Å²) in [6.45, 7) is 2.08. The molecule has 2 nitrogen and oxygen atoms in total. The lowest BCUT2D eigenvalue weighted by atomic mass is 10.1. The molecule has 0 amide bonds. The summed E-state index contributed by atoms with van der Waals surface area (Å²) in [6, 6.07) is 4.56. The quantitative estimate of drug-likeness (QED) is 0.642. The highest BCUT2D eigenvalue weighted by Gasteiger charge is 2.16. The second-order valence-electron chi connectivity index (χ2n) is 3.04. The second-order valence-corrected chi connectivity index (χ2v) is 3.04. The van der Waals surface area contributed by atoms with Crippen LogP contribution in [0.2, 0.25) is 0 Å². The highest BCUT2D eigenvalue weighted by atomic mass is 19.1. The first-order valence-corrected chi connectivity index (χ1v) is 4.07. The Labute approximate surface area is 70.8 Å². The first kappa shape index (κ1) is 7.40. The molecule has 0 atom stereocenters. The van der Waals surface area contributed by atoms with Gasteiger partial charge in [-0.2, -0.15) is 0 Å². The monoisotopic (exact) mass is 166 g/mol. The standard InChI is InChI=1S/C9H11FN2/c10-7-2-3-9(8(11)6-7)12-4-1-5-12/h2-3,6H,1,4-5,11H2. The smallest absolute Gasteiger partial charge is 0.125 e. The van der Waals surface area contributed by atoms with E-state index in [9.17, 15) is 4.39 Å². The number of nitrogens with zero attached hydrogens (tertiary/aromatic N) is 1. The minimum Gasteiger partial charge on any atom is -0.397 e. The third-order valence-corrected chi connectivity index (χ3v) is 2.19. The maximum atomic E-state index is 12.6. The van der Waals surface area contributed by atoms with E-state index in [4.69, 9.17) is 5.73 Å². The number of halogens is 1. The molecule has 2 rings (SSSR count). The molecule has 1 aliphatic rings. The van der Waals surface area contributed by atoms with Crippen molar-refractivity contribution in [2.75, 3.05) is 23.7 Å². The molecule has 3 heteroatoms. The molecule has 1 saturated heterocycles. The molecule has 1 aromatic rings. The van der Waals surface area contributed by atoms with Gasteiger partial charge in [-0.15, -0.1) is 0 Å². The number of hydrogen-bond donors (Lipinski definition) is 1. The predicted molar refractivity (Wildman–Crippen MR) is 47.6 cm³/mol. The lowest BCUT2D eigenvalue weighted by molar-refractivity contribution is 0.611. The van der Waals surface area contributed by atoms with Gasteiger partial charge in [0, 0.05) is 13.1 Å². The van der Waals surface area contributed by atoms with Gasteiger partial charge in [-0.3, -0.25) is 0 Å². The maximum absolute atomic E-state index is 12.6. The van der Waals surface area contributed by atoms with Gasteiger partial charge in [-0.25, -0.2) is 4.39 Å². The Balaban J connectivity index is 2.31. The van der Waals surface area contributed by atoms with Crippen molar-refractivity contribution in [2.45, 2.75) is 6.42 Å². The van der Waals surface area contributed by atoms with Crippen LogP contribution in [0, 0.1) is 5.82 Å². The molecule has 1 fully saturated rings. The van der Waals surface area contributed by atoms with Gasteiger partial charge in [0.1, 0.15) is 5.82 Å². The molecule has 0 bridgehead atoms. The van der Waals surface area contributed by atoms with Crippen molar-refractivity contribution in [1.29, 1.82) is 0 Å². The highest BCUT2D eigenvalue weighted by molar-refractivity contribution is 5.68. The molecular formula is C9H11FN2. The average molecular weight is 166 g/mol. The summed E-state index contributed by atoms with van der Waals surface area (Å²) in [5.74, 6) is -0.267. The second kappa shape index (κ2) is 2.66. The summed E-state index contributed by atoms with van der Waals surface area (Å²) in [4.78, 5) is 2.15. The number of rotatable bonds is 1. The molecule has 0 unspecified atom stereocenters. The fraction of sp³-hybridized carbons (Fsp3) is 0.333. The lowest BCUT2D eigenvalue weighted by Crippen LogP contribution is -2.37. The van der Waals surface area contributed by atoms with Crippen molar-refractivity contribution in [3.05, 3.63) is 24.0 Å². The zero-order valence-corrected chi connectivity index (χ0v) is 6.76. The van der Waals surface area contributed by atoms with Crippen molar-refractivity contribution in [2.24, 2.45) is 0 Å². The van der Waals surface area contributed by atoms with Crippen LogP contribution in [-0.2, 0) is 0 Å². The lowest BCUT2D eigenvalue weighted by Gasteiger charge is -2.33. The van der Waals surface area contributed by atoms with Crippen LogP contribution in [0.3, 0.4) is 0 Å². The van der Waals surface area contributed by atoms with Crippen molar-refractivity contribution >= 4 is 11.4 Å². The topological polar surface area (TPSA) is 29.3 Å². The van der Waals surface area contributed by atoms with Crippen LogP contribution in [0.4, 0.5) is 15.8 Å². The van der Waals surface area contributed by atoms with Gasteiger partial charge in [0.25, 0.3) is 0 Å². The summed E-state index contributed by atoms with van der Waals surface area (Å²) in [5, 5.41) is 0. The molecule has 0 spiro atoms. The van der Waals surface area contributed by atoms with E-state index in [2.05, 4.69) is 4.90 Å². The Kier molecular flexibility index (Phi) is 1.64. The van der Waals surface area contributed by atoms with Crippen LogP contribution in [-0.4, -0.2) is 13.1 Å². The first-order chi connectivity index (χ1) is 5.77. The van der Waals surface area contributed by atoms with Crippen LogP contribution in [0.25, 0.3) is 0 Å². The number of nitrogen functional groups attached to an aromatic ring is 1. The molecule has 1 heterocycles. The average Bonchev–Trinajstić information content (AvgIpc) is 1.91. The third kappa shape index (κ3) is 1.11. The molecular weight excluding hydrogens is 155 g/mol. The predicted octanol–water partition coefficient (Wildman–Crippen LogP) is 1.62. The number of benzene rings is 1. The minimum atomic E-state index is -0.267. The zero-order valence-electron chi connectivity index (χ0n) is 6.76. The maximum Gasteiger partial charge on any atom is 0.125 e. The Morgan fingerprint density at radius 3 is 2.58 bits per heavy atom. The zero-order chi connectivity index (χ0) is 8.55. The Morgan fingerprint density at radius 2 is 2.08 bits per heavy atom. The van der Waals surface area contributed by atoms with Crippen LogP contribution in [0.15, 0.2) is 18.2 Å². The summed E-state index contributed by atoms with van der Waals surface area (Å²) in [5.41, 5.74) is 7.15. The molecule has 12 heavy (non-hydrogen) atoms. The van der Waals surface area contributed by atoms with Gasteiger partial charge in [0.05, 0.1) is 11.4 Å². The number of nitrogens with two attached hydrogens (primary N) is 1. The van der Waals surface area contributed by atoms with Gasteiger partial charge in [-0.1, -0.05) is 0 Å². The SMILES string of the molecule is Nc1cc(F)ccc1N1CCC1.